The molecule has 0 N–H and O–H groups in total. The molecule has 2 aliphatic heterocycles. The molecule has 0 unspecified atom stereocenters. The molecule has 2 saturated heterocycles. The third-order valence-corrected chi connectivity index (χ3v) is 8.62. The van der Waals surface area contributed by atoms with E-state index in [0.717, 1.165) is 48.8 Å². The third kappa shape index (κ3) is 5.29. The lowest BCUT2D eigenvalue weighted by atomic mass is 9.82. The van der Waals surface area contributed by atoms with E-state index in [1.807, 2.05) is 12.1 Å². The molecular weight excluding hydrogens is 426 g/mol. The van der Waals surface area contributed by atoms with E-state index in [0.29, 0.717) is 38.8 Å². The Balaban J connectivity index is 1.23. The standard InChI is InChI=1S/C21H32ClN3O4S/c1-23(30(26,27)25-8-10-28-11-9-25)15-17-12-20(13-17)29-19-5-4-18(21(22)14-19)16-24-6-2-3-7-24/h4-5,14,17,20H,2-3,6-13,15-16H2,1H3. The highest BCUT2D eigenvalue weighted by molar-refractivity contribution is 7.86. The van der Waals surface area contributed by atoms with Gasteiger partial charge in [-0.1, -0.05) is 17.7 Å². The van der Waals surface area contributed by atoms with Crippen molar-refractivity contribution in [2.75, 3.05) is 53.0 Å². The Bertz CT molecular complexity index is 820. The fourth-order valence-electron chi connectivity index (χ4n) is 4.46. The summed E-state index contributed by atoms with van der Waals surface area (Å²) in [6, 6.07) is 5.98. The zero-order valence-electron chi connectivity index (χ0n) is 17.6. The number of hydrogen-bond donors (Lipinski definition) is 0. The van der Waals surface area contributed by atoms with Crippen LogP contribution in [0, 0.1) is 5.92 Å². The smallest absolute Gasteiger partial charge is 0.281 e. The van der Waals surface area contributed by atoms with Gasteiger partial charge in [-0.15, -0.1) is 0 Å². The molecule has 3 fully saturated rings. The van der Waals surface area contributed by atoms with Crippen molar-refractivity contribution in [3.8, 4) is 5.75 Å². The average Bonchev–Trinajstić information content (AvgIpc) is 3.22. The van der Waals surface area contributed by atoms with Gasteiger partial charge >= 0.3 is 0 Å². The minimum atomic E-state index is -3.41. The molecule has 30 heavy (non-hydrogen) atoms. The maximum absolute atomic E-state index is 12.7. The number of nitrogens with zero attached hydrogens (tertiary/aromatic N) is 3. The van der Waals surface area contributed by atoms with E-state index in [2.05, 4.69) is 11.0 Å². The summed E-state index contributed by atoms with van der Waals surface area (Å²) in [5.41, 5.74) is 1.15. The van der Waals surface area contributed by atoms with Crippen molar-refractivity contribution in [1.82, 2.24) is 13.5 Å². The van der Waals surface area contributed by atoms with Gasteiger partial charge in [0.25, 0.3) is 10.2 Å². The van der Waals surface area contributed by atoms with Crippen molar-refractivity contribution >= 4 is 21.8 Å². The Morgan fingerprint density at radius 3 is 2.53 bits per heavy atom. The summed E-state index contributed by atoms with van der Waals surface area (Å²) in [5, 5.41) is 0.756. The fourth-order valence-corrected chi connectivity index (χ4v) is 6.09. The van der Waals surface area contributed by atoms with Crippen molar-refractivity contribution in [1.29, 1.82) is 0 Å². The van der Waals surface area contributed by atoms with E-state index in [9.17, 15) is 8.42 Å². The van der Waals surface area contributed by atoms with Crippen LogP contribution in [0.4, 0.5) is 0 Å². The lowest BCUT2D eigenvalue weighted by Gasteiger charge is -2.38. The Kier molecular flexibility index (Phi) is 7.22. The fraction of sp³-hybridized carbons (Fsp3) is 0.714. The van der Waals surface area contributed by atoms with Gasteiger partial charge in [-0.25, -0.2) is 0 Å². The average molecular weight is 458 g/mol. The largest absolute Gasteiger partial charge is 0.490 e. The number of rotatable bonds is 8. The number of ether oxygens (including phenoxy) is 2. The SMILES string of the molecule is CN(CC1CC(Oc2ccc(CN3CCCC3)c(Cl)c2)C1)S(=O)(=O)N1CCOCC1. The van der Waals surface area contributed by atoms with Gasteiger partial charge < -0.3 is 9.47 Å². The molecule has 4 rings (SSSR count). The number of likely N-dealkylation sites (tertiary alicyclic amines) is 1. The quantitative estimate of drug-likeness (QED) is 0.600. The molecule has 2 heterocycles. The maximum Gasteiger partial charge on any atom is 0.281 e. The minimum Gasteiger partial charge on any atom is -0.490 e. The first-order valence-electron chi connectivity index (χ1n) is 10.9. The highest BCUT2D eigenvalue weighted by Gasteiger charge is 2.36. The van der Waals surface area contributed by atoms with Gasteiger partial charge in [-0.05, 0) is 62.4 Å². The molecule has 168 valence electrons. The first-order chi connectivity index (χ1) is 14.4. The topological polar surface area (TPSA) is 62.3 Å². The van der Waals surface area contributed by atoms with E-state index < -0.39 is 10.2 Å². The van der Waals surface area contributed by atoms with Crippen LogP contribution in [0.1, 0.15) is 31.2 Å². The van der Waals surface area contributed by atoms with Gasteiger partial charge in [0.15, 0.2) is 0 Å². The second-order valence-corrected chi connectivity index (χ2v) is 11.1. The van der Waals surface area contributed by atoms with Gasteiger partial charge in [0.1, 0.15) is 5.75 Å². The van der Waals surface area contributed by atoms with Crippen molar-refractivity contribution in [3.63, 3.8) is 0 Å². The van der Waals surface area contributed by atoms with E-state index in [1.54, 1.807) is 7.05 Å². The molecule has 0 bridgehead atoms. The van der Waals surface area contributed by atoms with Crippen LogP contribution in [0.3, 0.4) is 0 Å². The number of hydrogen-bond acceptors (Lipinski definition) is 5. The molecule has 0 radical (unpaired) electrons. The first kappa shape index (κ1) is 22.3. The lowest BCUT2D eigenvalue weighted by Crippen LogP contribution is -2.50. The van der Waals surface area contributed by atoms with Crippen molar-refractivity contribution < 1.29 is 17.9 Å². The zero-order valence-corrected chi connectivity index (χ0v) is 19.2. The molecule has 0 spiro atoms. The van der Waals surface area contributed by atoms with Crippen LogP contribution in [0.5, 0.6) is 5.75 Å². The van der Waals surface area contributed by atoms with Crippen LogP contribution >= 0.6 is 11.6 Å². The molecule has 1 aromatic rings. The summed E-state index contributed by atoms with van der Waals surface area (Å²) in [4.78, 5) is 2.43. The van der Waals surface area contributed by atoms with Crippen LogP contribution in [-0.2, 0) is 21.5 Å². The normalized spacial score (nSPS) is 26.1. The number of morpholine rings is 1. The number of halogens is 1. The summed E-state index contributed by atoms with van der Waals surface area (Å²) < 4.78 is 39.7. The summed E-state index contributed by atoms with van der Waals surface area (Å²) in [7, 11) is -1.74. The van der Waals surface area contributed by atoms with Gasteiger partial charge in [0, 0.05) is 38.2 Å². The van der Waals surface area contributed by atoms with Gasteiger partial charge in [-0.3, -0.25) is 4.90 Å². The molecule has 1 aromatic carbocycles. The van der Waals surface area contributed by atoms with Crippen LogP contribution in [0.15, 0.2) is 18.2 Å². The molecule has 0 amide bonds. The predicted octanol–water partition coefficient (Wildman–Crippen LogP) is 2.60. The third-order valence-electron chi connectivity index (χ3n) is 6.32. The van der Waals surface area contributed by atoms with Crippen LogP contribution in [-0.4, -0.2) is 81.0 Å². The highest BCUT2D eigenvalue weighted by Crippen LogP contribution is 2.34. The van der Waals surface area contributed by atoms with E-state index in [4.69, 9.17) is 21.1 Å². The molecule has 0 atom stereocenters. The lowest BCUT2D eigenvalue weighted by molar-refractivity contribution is 0.0532. The predicted molar refractivity (Wildman–Crippen MR) is 117 cm³/mol. The molecule has 1 aliphatic carbocycles. The van der Waals surface area contributed by atoms with Crippen LogP contribution < -0.4 is 4.74 Å². The summed E-state index contributed by atoms with van der Waals surface area (Å²) in [6.45, 7) is 5.50. The summed E-state index contributed by atoms with van der Waals surface area (Å²) >= 11 is 6.48. The minimum absolute atomic E-state index is 0.120. The van der Waals surface area contributed by atoms with E-state index in [-0.39, 0.29) is 6.10 Å². The summed E-state index contributed by atoms with van der Waals surface area (Å²) in [6.07, 6.45) is 4.37. The zero-order chi connectivity index (χ0) is 21.1. The highest BCUT2D eigenvalue weighted by atomic mass is 35.5. The molecule has 1 saturated carbocycles. The van der Waals surface area contributed by atoms with Crippen LogP contribution in [0.2, 0.25) is 5.02 Å². The van der Waals surface area contributed by atoms with Gasteiger partial charge in [0.05, 0.1) is 19.3 Å². The maximum atomic E-state index is 12.7. The Morgan fingerprint density at radius 1 is 1.17 bits per heavy atom. The molecule has 0 aromatic heterocycles. The Hall–Kier alpha value is -0.900. The van der Waals surface area contributed by atoms with E-state index in [1.165, 1.54) is 21.5 Å². The summed E-state index contributed by atoms with van der Waals surface area (Å²) in [5.74, 6) is 1.11. The van der Waals surface area contributed by atoms with Crippen molar-refractivity contribution in [2.45, 2.75) is 38.3 Å². The molecule has 7 nitrogen and oxygen atoms in total. The van der Waals surface area contributed by atoms with Crippen molar-refractivity contribution in [3.05, 3.63) is 28.8 Å². The number of benzene rings is 1. The van der Waals surface area contributed by atoms with Gasteiger partial charge in [0.2, 0.25) is 0 Å². The van der Waals surface area contributed by atoms with E-state index >= 15 is 0 Å². The van der Waals surface area contributed by atoms with Gasteiger partial charge in [-0.2, -0.15) is 17.0 Å². The second-order valence-electron chi connectivity index (χ2n) is 8.61. The molecule has 3 aliphatic rings. The molecular formula is C21H32ClN3O4S. The second kappa shape index (κ2) is 9.71. The Morgan fingerprint density at radius 2 is 1.87 bits per heavy atom. The van der Waals surface area contributed by atoms with Crippen LogP contribution in [0.25, 0.3) is 0 Å². The molecule has 9 heteroatoms. The Labute approximate surface area is 185 Å². The monoisotopic (exact) mass is 457 g/mol. The van der Waals surface area contributed by atoms with Crippen molar-refractivity contribution in [2.24, 2.45) is 5.92 Å². The first-order valence-corrected chi connectivity index (χ1v) is 12.7.